The Morgan fingerprint density at radius 3 is 2.82 bits per heavy atom. The van der Waals surface area contributed by atoms with E-state index in [9.17, 15) is 5.11 Å². The highest BCUT2D eigenvalue weighted by Crippen LogP contribution is 2.31. The number of hydrogen-bond donors (Lipinski definition) is 1. The minimum absolute atomic E-state index is 0.457. The van der Waals surface area contributed by atoms with Gasteiger partial charge in [-0.1, -0.05) is 24.6 Å². The Morgan fingerprint density at radius 1 is 1.47 bits per heavy atom. The summed E-state index contributed by atoms with van der Waals surface area (Å²) in [6.07, 6.45) is 2.08. The van der Waals surface area contributed by atoms with E-state index in [1.807, 2.05) is 18.2 Å². The van der Waals surface area contributed by atoms with Gasteiger partial charge >= 0.3 is 0 Å². The average Bonchev–Trinajstić information content (AvgIpc) is 2.28. The first kappa shape index (κ1) is 12.7. The molecule has 1 aliphatic rings. The van der Waals surface area contributed by atoms with Crippen LogP contribution in [0.25, 0.3) is 0 Å². The Kier molecular flexibility index (Phi) is 3.95. The summed E-state index contributed by atoms with van der Waals surface area (Å²) in [5.41, 5.74) is 1.98. The van der Waals surface area contributed by atoms with E-state index >= 15 is 0 Å². The topological polar surface area (TPSA) is 23.5 Å². The molecule has 0 unspecified atom stereocenters. The number of aliphatic hydroxyl groups excluding tert-OH is 1. The molecule has 0 aromatic heterocycles. The molecule has 2 atom stereocenters. The molecular weight excluding hydrogens is 234 g/mol. The number of anilines is 1. The Labute approximate surface area is 108 Å². The van der Waals surface area contributed by atoms with Crippen molar-refractivity contribution in [3.05, 3.63) is 28.8 Å². The first-order valence-electron chi connectivity index (χ1n) is 6.30. The van der Waals surface area contributed by atoms with E-state index in [0.717, 1.165) is 35.3 Å². The third kappa shape index (κ3) is 2.93. The number of hydrogen-bond acceptors (Lipinski definition) is 2. The van der Waals surface area contributed by atoms with Crippen LogP contribution < -0.4 is 4.90 Å². The lowest BCUT2D eigenvalue weighted by Gasteiger charge is -2.33. The van der Waals surface area contributed by atoms with Crippen LogP contribution >= 0.6 is 11.6 Å². The van der Waals surface area contributed by atoms with E-state index < -0.39 is 6.10 Å². The molecule has 1 saturated heterocycles. The fourth-order valence-electron chi connectivity index (χ4n) is 2.45. The van der Waals surface area contributed by atoms with Gasteiger partial charge in [0.2, 0.25) is 0 Å². The molecule has 0 aliphatic carbocycles. The van der Waals surface area contributed by atoms with Crippen LogP contribution in [0, 0.1) is 5.92 Å². The number of rotatable bonds is 2. The molecule has 0 bridgehead atoms. The van der Waals surface area contributed by atoms with Crippen molar-refractivity contribution in [3.63, 3.8) is 0 Å². The summed E-state index contributed by atoms with van der Waals surface area (Å²) in [6.45, 7) is 6.20. The van der Waals surface area contributed by atoms with Gasteiger partial charge in [0.05, 0.1) is 16.8 Å². The van der Waals surface area contributed by atoms with Crippen molar-refractivity contribution in [1.82, 2.24) is 0 Å². The summed E-state index contributed by atoms with van der Waals surface area (Å²) in [7, 11) is 0. The molecule has 0 radical (unpaired) electrons. The van der Waals surface area contributed by atoms with Gasteiger partial charge in [0.1, 0.15) is 0 Å². The SMILES string of the molecule is C[C@H]1CCCN(c2ccc([C@H](C)O)cc2Cl)C1. The van der Waals surface area contributed by atoms with E-state index in [2.05, 4.69) is 11.8 Å². The molecule has 2 rings (SSSR count). The first-order valence-corrected chi connectivity index (χ1v) is 6.68. The smallest absolute Gasteiger partial charge is 0.0762 e. The molecule has 17 heavy (non-hydrogen) atoms. The van der Waals surface area contributed by atoms with Crippen LogP contribution in [0.4, 0.5) is 5.69 Å². The van der Waals surface area contributed by atoms with Crippen molar-refractivity contribution in [2.24, 2.45) is 5.92 Å². The minimum Gasteiger partial charge on any atom is -0.389 e. The van der Waals surface area contributed by atoms with Gasteiger partial charge in [-0.15, -0.1) is 0 Å². The minimum atomic E-state index is -0.457. The predicted octanol–water partition coefficient (Wildman–Crippen LogP) is 3.63. The van der Waals surface area contributed by atoms with Crippen LogP contribution in [-0.2, 0) is 0 Å². The molecule has 0 saturated carbocycles. The highest BCUT2D eigenvalue weighted by molar-refractivity contribution is 6.33. The molecule has 2 nitrogen and oxygen atoms in total. The Bertz CT molecular complexity index is 392. The van der Waals surface area contributed by atoms with E-state index in [0.29, 0.717) is 0 Å². The summed E-state index contributed by atoms with van der Waals surface area (Å²) in [5.74, 6) is 0.733. The van der Waals surface area contributed by atoms with Gasteiger partial charge in [-0.3, -0.25) is 0 Å². The van der Waals surface area contributed by atoms with Crippen LogP contribution in [-0.4, -0.2) is 18.2 Å². The zero-order chi connectivity index (χ0) is 12.4. The molecular formula is C14H20ClNO. The molecule has 1 heterocycles. The summed E-state index contributed by atoms with van der Waals surface area (Å²) >= 11 is 6.30. The third-order valence-corrected chi connectivity index (χ3v) is 3.75. The van der Waals surface area contributed by atoms with Crippen molar-refractivity contribution in [2.75, 3.05) is 18.0 Å². The van der Waals surface area contributed by atoms with Gasteiger partial charge in [0, 0.05) is 13.1 Å². The predicted molar refractivity (Wildman–Crippen MR) is 72.7 cm³/mol. The number of benzene rings is 1. The van der Waals surface area contributed by atoms with E-state index in [-0.39, 0.29) is 0 Å². The van der Waals surface area contributed by atoms with Crippen molar-refractivity contribution in [2.45, 2.75) is 32.8 Å². The maximum atomic E-state index is 9.52. The lowest BCUT2D eigenvalue weighted by Crippen LogP contribution is -2.34. The summed E-state index contributed by atoms with van der Waals surface area (Å²) in [5, 5.41) is 10.3. The van der Waals surface area contributed by atoms with Gasteiger partial charge in [-0.25, -0.2) is 0 Å². The summed E-state index contributed by atoms with van der Waals surface area (Å²) in [6, 6.07) is 5.87. The van der Waals surface area contributed by atoms with Crippen molar-refractivity contribution in [1.29, 1.82) is 0 Å². The Morgan fingerprint density at radius 2 is 2.24 bits per heavy atom. The van der Waals surface area contributed by atoms with Crippen molar-refractivity contribution >= 4 is 17.3 Å². The normalized spacial score (nSPS) is 22.6. The summed E-state index contributed by atoms with van der Waals surface area (Å²) < 4.78 is 0. The molecule has 1 aliphatic heterocycles. The molecule has 0 amide bonds. The number of piperidine rings is 1. The van der Waals surface area contributed by atoms with Crippen molar-refractivity contribution in [3.8, 4) is 0 Å². The number of aliphatic hydroxyl groups is 1. The molecule has 0 spiro atoms. The molecule has 1 N–H and O–H groups in total. The first-order chi connectivity index (χ1) is 8.08. The molecule has 94 valence electrons. The van der Waals surface area contributed by atoms with Gasteiger partial charge in [0.15, 0.2) is 0 Å². The van der Waals surface area contributed by atoms with Crippen LogP contribution in [0.1, 0.15) is 38.4 Å². The maximum Gasteiger partial charge on any atom is 0.0762 e. The third-order valence-electron chi connectivity index (χ3n) is 3.45. The highest BCUT2D eigenvalue weighted by atomic mass is 35.5. The zero-order valence-electron chi connectivity index (χ0n) is 10.5. The fourth-order valence-corrected chi connectivity index (χ4v) is 2.76. The fraction of sp³-hybridized carbons (Fsp3) is 0.571. The van der Waals surface area contributed by atoms with Gasteiger partial charge < -0.3 is 10.0 Å². The van der Waals surface area contributed by atoms with Crippen LogP contribution in [0.15, 0.2) is 18.2 Å². The van der Waals surface area contributed by atoms with Gasteiger partial charge in [-0.2, -0.15) is 0 Å². The van der Waals surface area contributed by atoms with Gasteiger partial charge in [-0.05, 0) is 43.4 Å². The number of halogens is 1. The van der Waals surface area contributed by atoms with Crippen LogP contribution in [0.5, 0.6) is 0 Å². The second-order valence-electron chi connectivity index (χ2n) is 5.08. The second kappa shape index (κ2) is 5.28. The molecule has 1 aromatic carbocycles. The quantitative estimate of drug-likeness (QED) is 0.870. The Balaban J connectivity index is 2.21. The van der Waals surface area contributed by atoms with Crippen LogP contribution in [0.3, 0.4) is 0 Å². The van der Waals surface area contributed by atoms with E-state index in [4.69, 9.17) is 11.6 Å². The molecule has 1 fully saturated rings. The second-order valence-corrected chi connectivity index (χ2v) is 5.49. The van der Waals surface area contributed by atoms with E-state index in [1.54, 1.807) is 6.92 Å². The lowest BCUT2D eigenvalue weighted by molar-refractivity contribution is 0.199. The van der Waals surface area contributed by atoms with E-state index in [1.165, 1.54) is 12.8 Å². The average molecular weight is 254 g/mol. The standard InChI is InChI=1S/C14H20ClNO/c1-10-4-3-7-16(9-10)14-6-5-12(11(2)17)8-13(14)15/h5-6,8,10-11,17H,3-4,7,9H2,1-2H3/t10-,11-/m0/s1. The van der Waals surface area contributed by atoms with Crippen LogP contribution in [0.2, 0.25) is 5.02 Å². The number of nitrogens with zero attached hydrogens (tertiary/aromatic N) is 1. The lowest BCUT2D eigenvalue weighted by atomic mass is 9.99. The van der Waals surface area contributed by atoms with Crippen molar-refractivity contribution < 1.29 is 5.11 Å². The molecule has 1 aromatic rings. The highest BCUT2D eigenvalue weighted by Gasteiger charge is 2.18. The molecule has 3 heteroatoms. The maximum absolute atomic E-state index is 9.52. The zero-order valence-corrected chi connectivity index (χ0v) is 11.2. The monoisotopic (exact) mass is 253 g/mol. The largest absolute Gasteiger partial charge is 0.389 e. The summed E-state index contributed by atoms with van der Waals surface area (Å²) in [4.78, 5) is 2.35. The Hall–Kier alpha value is -0.730. The van der Waals surface area contributed by atoms with Gasteiger partial charge in [0.25, 0.3) is 0 Å².